The van der Waals surface area contributed by atoms with Crippen LogP contribution in [0.1, 0.15) is 57.4 Å². The molecule has 0 bridgehead atoms. The Morgan fingerprint density at radius 1 is 1.12 bits per heavy atom. The van der Waals surface area contributed by atoms with E-state index in [4.69, 9.17) is 22.3 Å². The molecule has 174 valence electrons. The van der Waals surface area contributed by atoms with E-state index < -0.39 is 5.82 Å². The van der Waals surface area contributed by atoms with Crippen molar-refractivity contribution in [1.29, 1.82) is 0 Å². The first-order valence-corrected chi connectivity index (χ1v) is 11.9. The highest BCUT2D eigenvalue weighted by atomic mass is 35.5. The number of aromatic nitrogens is 4. The van der Waals surface area contributed by atoms with Gasteiger partial charge in [0.15, 0.2) is 5.65 Å². The summed E-state index contributed by atoms with van der Waals surface area (Å²) in [6, 6.07) is 4.91. The predicted octanol–water partition coefficient (Wildman–Crippen LogP) is 4.93. The SMILES string of the molecule is NC(=O)[C@H]1CC[C@H](n2c(Nc3ccc(Cl)cc3F)nc3cnc(NC4CCCC4)nc32)CC1. The number of nitrogens with two attached hydrogens (primary N) is 1. The number of rotatable bonds is 6. The molecule has 3 aromatic rings. The molecule has 4 N–H and O–H groups in total. The molecule has 5 rings (SSSR count). The summed E-state index contributed by atoms with van der Waals surface area (Å²) < 4.78 is 16.5. The Labute approximate surface area is 196 Å². The topological polar surface area (TPSA) is 111 Å². The van der Waals surface area contributed by atoms with Crippen LogP contribution in [0.3, 0.4) is 0 Å². The Bertz CT molecular complexity index is 1170. The maximum Gasteiger partial charge on any atom is 0.224 e. The Kier molecular flexibility index (Phi) is 6.05. The van der Waals surface area contributed by atoms with Crippen LogP contribution in [0.15, 0.2) is 24.4 Å². The summed E-state index contributed by atoms with van der Waals surface area (Å²) in [6.45, 7) is 0. The van der Waals surface area contributed by atoms with Gasteiger partial charge < -0.3 is 16.4 Å². The van der Waals surface area contributed by atoms with Gasteiger partial charge in [-0.05, 0) is 56.7 Å². The van der Waals surface area contributed by atoms with E-state index in [1.807, 2.05) is 4.57 Å². The number of fused-ring (bicyclic) bond motifs is 1. The third kappa shape index (κ3) is 4.59. The monoisotopic (exact) mass is 471 g/mol. The van der Waals surface area contributed by atoms with Crippen molar-refractivity contribution in [2.24, 2.45) is 11.7 Å². The molecule has 2 saturated carbocycles. The summed E-state index contributed by atoms with van der Waals surface area (Å²) in [4.78, 5) is 25.6. The van der Waals surface area contributed by atoms with Crippen LogP contribution in [-0.2, 0) is 4.79 Å². The van der Waals surface area contributed by atoms with Gasteiger partial charge in [-0.2, -0.15) is 4.98 Å². The lowest BCUT2D eigenvalue weighted by Crippen LogP contribution is -2.28. The molecule has 0 saturated heterocycles. The van der Waals surface area contributed by atoms with E-state index in [1.54, 1.807) is 18.3 Å². The fourth-order valence-corrected chi connectivity index (χ4v) is 5.14. The van der Waals surface area contributed by atoms with Crippen LogP contribution in [0.25, 0.3) is 11.2 Å². The molecule has 1 aromatic carbocycles. The highest BCUT2D eigenvalue weighted by Crippen LogP contribution is 2.37. The number of anilines is 3. The van der Waals surface area contributed by atoms with Gasteiger partial charge in [-0.3, -0.25) is 9.36 Å². The van der Waals surface area contributed by atoms with Gasteiger partial charge in [0.05, 0.1) is 11.9 Å². The van der Waals surface area contributed by atoms with E-state index >= 15 is 0 Å². The normalized spacial score (nSPS) is 21.4. The molecule has 0 aliphatic heterocycles. The Morgan fingerprint density at radius 3 is 2.58 bits per heavy atom. The molecule has 8 nitrogen and oxygen atoms in total. The smallest absolute Gasteiger partial charge is 0.224 e. The van der Waals surface area contributed by atoms with Gasteiger partial charge in [0.2, 0.25) is 17.8 Å². The van der Waals surface area contributed by atoms with E-state index in [0.29, 0.717) is 47.0 Å². The van der Waals surface area contributed by atoms with Gasteiger partial charge in [0.25, 0.3) is 0 Å². The first kappa shape index (κ1) is 21.9. The summed E-state index contributed by atoms with van der Waals surface area (Å²) >= 11 is 5.91. The number of primary amides is 1. The molecule has 0 spiro atoms. The zero-order valence-electron chi connectivity index (χ0n) is 18.2. The molecule has 2 fully saturated rings. The third-order valence-corrected chi connectivity index (χ3v) is 7.00. The maximum atomic E-state index is 14.5. The van der Waals surface area contributed by atoms with Crippen LogP contribution in [0.2, 0.25) is 5.02 Å². The van der Waals surface area contributed by atoms with Crippen molar-refractivity contribution in [1.82, 2.24) is 19.5 Å². The van der Waals surface area contributed by atoms with Crippen LogP contribution < -0.4 is 16.4 Å². The molecule has 0 unspecified atom stereocenters. The van der Waals surface area contributed by atoms with Gasteiger partial charge in [-0.1, -0.05) is 24.4 Å². The minimum absolute atomic E-state index is 0.0534. The van der Waals surface area contributed by atoms with Gasteiger partial charge in [-0.15, -0.1) is 0 Å². The van der Waals surface area contributed by atoms with Crippen LogP contribution in [-0.4, -0.2) is 31.5 Å². The zero-order chi connectivity index (χ0) is 22.9. The van der Waals surface area contributed by atoms with Gasteiger partial charge in [0, 0.05) is 23.0 Å². The Balaban J connectivity index is 1.51. The molecular formula is C23H27ClFN7O. The maximum absolute atomic E-state index is 14.5. The average molecular weight is 472 g/mol. The lowest BCUT2D eigenvalue weighted by molar-refractivity contribution is -0.122. The minimum atomic E-state index is -0.465. The number of halogens is 2. The number of benzene rings is 1. The fraction of sp³-hybridized carbons (Fsp3) is 0.478. The number of hydrogen-bond donors (Lipinski definition) is 3. The molecule has 2 aliphatic carbocycles. The van der Waals surface area contributed by atoms with Crippen molar-refractivity contribution in [3.63, 3.8) is 0 Å². The number of carbonyl (C=O) groups excluding carboxylic acids is 1. The molecule has 1 amide bonds. The van der Waals surface area contributed by atoms with E-state index in [2.05, 4.69) is 20.6 Å². The second-order valence-corrected chi connectivity index (χ2v) is 9.43. The number of imidazole rings is 1. The molecule has 33 heavy (non-hydrogen) atoms. The van der Waals surface area contributed by atoms with Crippen molar-refractivity contribution in [2.75, 3.05) is 10.6 Å². The van der Waals surface area contributed by atoms with Gasteiger partial charge >= 0.3 is 0 Å². The summed E-state index contributed by atoms with van der Waals surface area (Å²) in [7, 11) is 0. The summed E-state index contributed by atoms with van der Waals surface area (Å²) in [5, 5.41) is 6.88. The number of nitrogens with zero attached hydrogens (tertiary/aromatic N) is 4. The molecule has 0 atom stereocenters. The fourth-order valence-electron chi connectivity index (χ4n) is 4.98. The standard InChI is InChI=1S/C23H27ClFN7O/c24-14-7-10-18(17(25)11-14)29-23-30-19-12-27-22(28-15-3-1-2-4-15)31-21(19)32(23)16-8-5-13(6-9-16)20(26)33/h7,10-13,15-16H,1-6,8-9H2,(H2,26,33)(H,29,30)(H,27,28,31)/t13-,16-. The Morgan fingerprint density at radius 2 is 1.88 bits per heavy atom. The summed E-state index contributed by atoms with van der Waals surface area (Å²) in [6.07, 6.45) is 9.26. The molecule has 10 heteroatoms. The Hall–Kier alpha value is -2.94. The second-order valence-electron chi connectivity index (χ2n) is 8.99. The third-order valence-electron chi connectivity index (χ3n) is 6.76. The van der Waals surface area contributed by atoms with Gasteiger partial charge in [-0.25, -0.2) is 14.4 Å². The first-order valence-electron chi connectivity index (χ1n) is 11.5. The highest BCUT2D eigenvalue weighted by Gasteiger charge is 2.29. The molecular weight excluding hydrogens is 445 g/mol. The van der Waals surface area contributed by atoms with Crippen molar-refractivity contribution < 1.29 is 9.18 Å². The minimum Gasteiger partial charge on any atom is -0.369 e. The predicted molar refractivity (Wildman–Crippen MR) is 126 cm³/mol. The highest BCUT2D eigenvalue weighted by molar-refractivity contribution is 6.30. The largest absolute Gasteiger partial charge is 0.369 e. The quantitative estimate of drug-likeness (QED) is 0.470. The summed E-state index contributed by atoms with van der Waals surface area (Å²) in [5.74, 6) is 0.228. The molecule has 0 radical (unpaired) electrons. The number of hydrogen-bond acceptors (Lipinski definition) is 6. The molecule has 2 aromatic heterocycles. The average Bonchev–Trinajstić information content (AvgIpc) is 3.43. The lowest BCUT2D eigenvalue weighted by Gasteiger charge is -2.29. The van der Waals surface area contributed by atoms with E-state index in [9.17, 15) is 9.18 Å². The van der Waals surface area contributed by atoms with Crippen LogP contribution >= 0.6 is 11.6 Å². The van der Waals surface area contributed by atoms with Crippen molar-refractivity contribution in [3.05, 3.63) is 35.2 Å². The number of carbonyl (C=O) groups is 1. The number of nitrogens with one attached hydrogen (secondary N) is 2. The van der Waals surface area contributed by atoms with Crippen molar-refractivity contribution in [2.45, 2.75) is 63.5 Å². The van der Waals surface area contributed by atoms with E-state index in [-0.39, 0.29) is 23.6 Å². The van der Waals surface area contributed by atoms with E-state index in [1.165, 1.54) is 18.9 Å². The van der Waals surface area contributed by atoms with Crippen LogP contribution in [0.5, 0.6) is 0 Å². The van der Waals surface area contributed by atoms with Crippen molar-refractivity contribution >= 4 is 46.3 Å². The van der Waals surface area contributed by atoms with Crippen LogP contribution in [0.4, 0.5) is 22.0 Å². The molecule has 2 aliphatic rings. The molecule has 2 heterocycles. The van der Waals surface area contributed by atoms with E-state index in [0.717, 1.165) is 25.7 Å². The van der Waals surface area contributed by atoms with Crippen molar-refractivity contribution in [3.8, 4) is 0 Å². The van der Waals surface area contributed by atoms with Crippen LogP contribution in [0, 0.1) is 11.7 Å². The zero-order valence-corrected chi connectivity index (χ0v) is 19.0. The second kappa shape index (κ2) is 9.13. The number of amides is 1. The lowest BCUT2D eigenvalue weighted by atomic mass is 9.85. The first-order chi connectivity index (χ1) is 16.0. The van der Waals surface area contributed by atoms with Gasteiger partial charge in [0.1, 0.15) is 11.3 Å². The summed E-state index contributed by atoms with van der Waals surface area (Å²) in [5.41, 5.74) is 7.12.